The molecule has 1 aliphatic carbocycles. The number of esters is 1. The first kappa shape index (κ1) is 15.1. The lowest BCUT2D eigenvalue weighted by molar-refractivity contribution is -0.138. The van der Waals surface area contributed by atoms with Crippen LogP contribution >= 0.6 is 0 Å². The lowest BCUT2D eigenvalue weighted by atomic mass is 9.96. The molecule has 2 rings (SSSR count). The molecule has 2 amide bonds. The Balaban J connectivity index is 2.04. The summed E-state index contributed by atoms with van der Waals surface area (Å²) in [5, 5.41) is 5.53. The molecule has 5 nitrogen and oxygen atoms in total. The third kappa shape index (κ3) is 4.34. The summed E-state index contributed by atoms with van der Waals surface area (Å²) in [6.07, 6.45) is 3.25. The van der Waals surface area contributed by atoms with E-state index in [-0.39, 0.29) is 12.0 Å². The van der Waals surface area contributed by atoms with E-state index in [2.05, 4.69) is 10.6 Å². The third-order valence-electron chi connectivity index (χ3n) is 3.29. The van der Waals surface area contributed by atoms with E-state index in [0.29, 0.717) is 36.4 Å². The fourth-order valence-corrected chi connectivity index (χ4v) is 2.31. The highest BCUT2D eigenvalue weighted by Crippen LogP contribution is 2.24. The maximum absolute atomic E-state index is 12.0. The average molecular weight is 288 g/mol. The fourth-order valence-electron chi connectivity index (χ4n) is 2.31. The summed E-state index contributed by atoms with van der Waals surface area (Å²) in [6, 6.07) is 8.85. The van der Waals surface area contributed by atoms with E-state index in [9.17, 15) is 9.59 Å². The molecule has 0 spiro atoms. The zero-order chi connectivity index (χ0) is 15.1. The van der Waals surface area contributed by atoms with E-state index < -0.39 is 0 Å². The number of hydrogen-bond acceptors (Lipinski definition) is 3. The number of rotatable bonds is 4. The summed E-state index contributed by atoms with van der Waals surface area (Å²) in [4.78, 5) is 23.9. The molecule has 0 saturated heterocycles. The molecule has 112 valence electrons. The van der Waals surface area contributed by atoms with Crippen LogP contribution in [0, 0.1) is 0 Å². The van der Waals surface area contributed by atoms with Crippen LogP contribution in [0.25, 0.3) is 0 Å². The standard InChI is InChI=1S/C16H20N2O3/c1-2-21-15(19)13-10-6-7-11-14(13)18-16(20)17-12-8-4-3-5-9-12/h3-5,8-9H,2,6-7,10-11H2,1H3,(H2,17,18,20). The van der Waals surface area contributed by atoms with Crippen LogP contribution in [0.2, 0.25) is 0 Å². The molecular formula is C16H20N2O3. The van der Waals surface area contributed by atoms with Crippen LogP contribution in [0.3, 0.4) is 0 Å². The summed E-state index contributed by atoms with van der Waals surface area (Å²) < 4.78 is 5.04. The second-order valence-electron chi connectivity index (χ2n) is 4.83. The predicted octanol–water partition coefficient (Wildman–Crippen LogP) is 3.20. The molecule has 1 aromatic rings. The summed E-state index contributed by atoms with van der Waals surface area (Å²) in [5.74, 6) is -0.327. The minimum Gasteiger partial charge on any atom is -0.463 e. The van der Waals surface area contributed by atoms with Gasteiger partial charge >= 0.3 is 12.0 Å². The molecule has 0 radical (unpaired) electrons. The number of hydrogen-bond donors (Lipinski definition) is 2. The minimum atomic E-state index is -0.333. The highest BCUT2D eigenvalue weighted by atomic mass is 16.5. The topological polar surface area (TPSA) is 67.4 Å². The number of nitrogens with one attached hydrogen (secondary N) is 2. The van der Waals surface area contributed by atoms with Crippen molar-refractivity contribution in [2.24, 2.45) is 0 Å². The summed E-state index contributed by atoms with van der Waals surface area (Å²) >= 11 is 0. The highest BCUT2D eigenvalue weighted by molar-refractivity contribution is 5.94. The van der Waals surface area contributed by atoms with Gasteiger partial charge in [-0.3, -0.25) is 0 Å². The lowest BCUT2D eigenvalue weighted by Gasteiger charge is -2.20. The van der Waals surface area contributed by atoms with Crippen molar-refractivity contribution >= 4 is 17.7 Å². The van der Waals surface area contributed by atoms with E-state index in [1.165, 1.54) is 0 Å². The number of ether oxygens (including phenoxy) is 1. The van der Waals surface area contributed by atoms with Crippen LogP contribution < -0.4 is 10.6 Å². The molecule has 0 fully saturated rings. The summed E-state index contributed by atoms with van der Waals surface area (Å²) in [5.41, 5.74) is 1.98. The van der Waals surface area contributed by atoms with Gasteiger partial charge in [-0.2, -0.15) is 0 Å². The first-order valence-corrected chi connectivity index (χ1v) is 7.23. The molecular weight excluding hydrogens is 268 g/mol. The molecule has 0 aromatic heterocycles. The van der Waals surface area contributed by atoms with Crippen LogP contribution in [0.4, 0.5) is 10.5 Å². The molecule has 21 heavy (non-hydrogen) atoms. The number of benzene rings is 1. The van der Waals surface area contributed by atoms with Crippen molar-refractivity contribution in [3.05, 3.63) is 41.6 Å². The Hall–Kier alpha value is -2.30. The Bertz CT molecular complexity index is 538. The number of urea groups is 1. The van der Waals surface area contributed by atoms with Crippen molar-refractivity contribution in [3.8, 4) is 0 Å². The Labute approximate surface area is 124 Å². The Kier molecular flexibility index (Phi) is 5.37. The molecule has 1 aromatic carbocycles. The molecule has 5 heteroatoms. The van der Waals surface area contributed by atoms with Crippen molar-refractivity contribution in [1.29, 1.82) is 0 Å². The number of amides is 2. The van der Waals surface area contributed by atoms with Crippen LogP contribution in [0.1, 0.15) is 32.6 Å². The van der Waals surface area contributed by atoms with Gasteiger partial charge in [0, 0.05) is 11.4 Å². The van der Waals surface area contributed by atoms with Gasteiger partial charge in [-0.05, 0) is 44.7 Å². The normalized spacial score (nSPS) is 14.5. The van der Waals surface area contributed by atoms with Gasteiger partial charge in [0.25, 0.3) is 0 Å². The SMILES string of the molecule is CCOC(=O)C1=C(NC(=O)Nc2ccccc2)CCCC1. The first-order chi connectivity index (χ1) is 10.2. The molecule has 0 unspecified atom stereocenters. The van der Waals surface area contributed by atoms with Crippen molar-refractivity contribution in [1.82, 2.24) is 5.32 Å². The second kappa shape index (κ2) is 7.47. The maximum atomic E-state index is 12.0. The van der Waals surface area contributed by atoms with Crippen molar-refractivity contribution in [2.75, 3.05) is 11.9 Å². The number of para-hydroxylation sites is 1. The molecule has 1 aliphatic rings. The molecule has 2 N–H and O–H groups in total. The van der Waals surface area contributed by atoms with Gasteiger partial charge in [0.15, 0.2) is 0 Å². The van der Waals surface area contributed by atoms with Gasteiger partial charge in [-0.15, -0.1) is 0 Å². The first-order valence-electron chi connectivity index (χ1n) is 7.23. The van der Waals surface area contributed by atoms with E-state index in [1.54, 1.807) is 19.1 Å². The van der Waals surface area contributed by atoms with Crippen LogP contribution in [-0.4, -0.2) is 18.6 Å². The van der Waals surface area contributed by atoms with Gasteiger partial charge in [0.1, 0.15) is 0 Å². The smallest absolute Gasteiger partial charge is 0.335 e. The van der Waals surface area contributed by atoms with Crippen molar-refractivity contribution < 1.29 is 14.3 Å². The van der Waals surface area contributed by atoms with E-state index in [4.69, 9.17) is 4.74 Å². The van der Waals surface area contributed by atoms with Gasteiger partial charge in [-0.1, -0.05) is 18.2 Å². The minimum absolute atomic E-state index is 0.327. The number of carbonyl (C=O) groups excluding carboxylic acids is 2. The van der Waals surface area contributed by atoms with E-state index in [1.807, 2.05) is 18.2 Å². The van der Waals surface area contributed by atoms with E-state index in [0.717, 1.165) is 12.8 Å². The predicted molar refractivity (Wildman–Crippen MR) is 80.7 cm³/mol. The fraction of sp³-hybridized carbons (Fsp3) is 0.375. The van der Waals surface area contributed by atoms with Crippen molar-refractivity contribution in [2.45, 2.75) is 32.6 Å². The molecule has 0 bridgehead atoms. The number of allylic oxidation sites excluding steroid dienone is 1. The average Bonchev–Trinajstić information content (AvgIpc) is 2.49. The highest BCUT2D eigenvalue weighted by Gasteiger charge is 2.21. The monoisotopic (exact) mass is 288 g/mol. The number of carbonyl (C=O) groups is 2. The third-order valence-corrected chi connectivity index (χ3v) is 3.29. The quantitative estimate of drug-likeness (QED) is 0.836. The van der Waals surface area contributed by atoms with Crippen LogP contribution in [-0.2, 0) is 9.53 Å². The molecule has 0 saturated carbocycles. The lowest BCUT2D eigenvalue weighted by Crippen LogP contribution is -2.31. The second-order valence-corrected chi connectivity index (χ2v) is 4.83. The van der Waals surface area contributed by atoms with Gasteiger partial charge in [0.05, 0.1) is 12.2 Å². The Morgan fingerprint density at radius 2 is 1.81 bits per heavy atom. The Morgan fingerprint density at radius 1 is 1.10 bits per heavy atom. The van der Waals surface area contributed by atoms with Crippen LogP contribution in [0.15, 0.2) is 41.6 Å². The van der Waals surface area contributed by atoms with Crippen LogP contribution in [0.5, 0.6) is 0 Å². The number of anilines is 1. The Morgan fingerprint density at radius 3 is 2.52 bits per heavy atom. The molecule has 0 aliphatic heterocycles. The molecule has 0 atom stereocenters. The summed E-state index contributed by atoms with van der Waals surface area (Å²) in [6.45, 7) is 2.11. The maximum Gasteiger partial charge on any atom is 0.335 e. The van der Waals surface area contributed by atoms with Gasteiger partial charge < -0.3 is 15.4 Å². The van der Waals surface area contributed by atoms with Gasteiger partial charge in [-0.25, -0.2) is 9.59 Å². The van der Waals surface area contributed by atoms with Gasteiger partial charge in [0.2, 0.25) is 0 Å². The molecule has 0 heterocycles. The largest absolute Gasteiger partial charge is 0.463 e. The zero-order valence-corrected chi connectivity index (χ0v) is 12.1. The van der Waals surface area contributed by atoms with Crippen molar-refractivity contribution in [3.63, 3.8) is 0 Å². The zero-order valence-electron chi connectivity index (χ0n) is 12.1. The van der Waals surface area contributed by atoms with E-state index >= 15 is 0 Å². The summed E-state index contributed by atoms with van der Waals surface area (Å²) in [7, 11) is 0.